The molecule has 12 heavy (non-hydrogen) atoms. The Morgan fingerprint density at radius 3 is 2.50 bits per heavy atom. The fourth-order valence-corrected chi connectivity index (χ4v) is 1.22. The molecule has 1 aromatic rings. The molecule has 0 N–H and O–H groups in total. The highest BCUT2D eigenvalue weighted by molar-refractivity contribution is 5.49. The predicted molar refractivity (Wildman–Crippen MR) is 50.7 cm³/mol. The zero-order chi connectivity index (χ0) is 9.14. The lowest BCUT2D eigenvalue weighted by Crippen LogP contribution is -1.88. The summed E-state index contributed by atoms with van der Waals surface area (Å²) in [5.74, 6) is 0.359. The highest BCUT2D eigenvalue weighted by Gasteiger charge is 2.06. The Labute approximate surface area is 72.6 Å². The molecule has 64 valence electrons. The van der Waals surface area contributed by atoms with E-state index in [-0.39, 0.29) is 0 Å². The summed E-state index contributed by atoms with van der Waals surface area (Å²) in [5, 5.41) is 2.98. The lowest BCUT2D eigenvalue weighted by molar-refractivity contribution is 0.865. The van der Waals surface area contributed by atoms with Gasteiger partial charge >= 0.3 is 0 Å². The monoisotopic (exact) mass is 163 g/mol. The smallest absolute Gasteiger partial charge is 0.111 e. The van der Waals surface area contributed by atoms with Crippen LogP contribution < -0.4 is 0 Å². The van der Waals surface area contributed by atoms with Crippen LogP contribution in [0.3, 0.4) is 0 Å². The van der Waals surface area contributed by atoms with Crippen LogP contribution in [0.1, 0.15) is 30.9 Å². The molecule has 0 unspecified atom stereocenters. The average molecular weight is 163 g/mol. The molecule has 0 aromatic heterocycles. The van der Waals surface area contributed by atoms with Gasteiger partial charge in [-0.15, -0.1) is 4.91 Å². The average Bonchev–Trinajstić information content (AvgIpc) is 2.04. The maximum atomic E-state index is 10.4. The van der Waals surface area contributed by atoms with Gasteiger partial charge in [-0.25, -0.2) is 0 Å². The molecule has 0 aliphatic carbocycles. The van der Waals surface area contributed by atoms with Crippen LogP contribution in [0, 0.1) is 11.8 Å². The molecule has 0 saturated carbocycles. The van der Waals surface area contributed by atoms with E-state index in [9.17, 15) is 4.91 Å². The van der Waals surface area contributed by atoms with Gasteiger partial charge in [0.1, 0.15) is 5.69 Å². The molecule has 0 saturated heterocycles. The normalized spacial score (nSPS) is 10.3. The molecule has 0 amide bonds. The minimum Gasteiger partial charge on any atom is -0.145 e. The second-order valence-electron chi connectivity index (χ2n) is 3.31. The van der Waals surface area contributed by atoms with E-state index in [0.29, 0.717) is 11.6 Å². The second-order valence-corrected chi connectivity index (χ2v) is 3.31. The van der Waals surface area contributed by atoms with Gasteiger partial charge in [0.25, 0.3) is 0 Å². The first-order valence-electron chi connectivity index (χ1n) is 4.09. The molecule has 0 heterocycles. The van der Waals surface area contributed by atoms with Crippen LogP contribution in [0.2, 0.25) is 0 Å². The van der Waals surface area contributed by atoms with E-state index in [0.717, 1.165) is 5.56 Å². The molecule has 2 nitrogen and oxygen atoms in total. The standard InChI is InChI=1S/C10H13NO/c1-7(2)9-6-8(3)4-5-10(9)11-12/h4-7H,1-3H3. The third-order valence-corrected chi connectivity index (χ3v) is 1.90. The fraction of sp³-hybridized carbons (Fsp3) is 0.400. The molecule has 2 heteroatoms. The van der Waals surface area contributed by atoms with Crippen molar-refractivity contribution in [2.24, 2.45) is 5.18 Å². The molecule has 1 aromatic carbocycles. The lowest BCUT2D eigenvalue weighted by Gasteiger charge is -2.07. The van der Waals surface area contributed by atoms with Crippen molar-refractivity contribution in [1.29, 1.82) is 0 Å². The number of nitroso groups, excluding NO2 is 1. The van der Waals surface area contributed by atoms with E-state index >= 15 is 0 Å². The SMILES string of the molecule is Cc1ccc(N=O)c(C(C)C)c1. The second kappa shape index (κ2) is 3.48. The highest BCUT2D eigenvalue weighted by atomic mass is 16.3. The molecule has 0 fully saturated rings. The van der Waals surface area contributed by atoms with Crippen molar-refractivity contribution in [3.8, 4) is 0 Å². The zero-order valence-electron chi connectivity index (χ0n) is 7.66. The van der Waals surface area contributed by atoms with Gasteiger partial charge in [-0.1, -0.05) is 31.5 Å². The van der Waals surface area contributed by atoms with E-state index in [1.807, 2.05) is 19.1 Å². The molecular formula is C10H13NO. The van der Waals surface area contributed by atoms with Crippen LogP contribution in [0.5, 0.6) is 0 Å². The Bertz CT molecular complexity index is 292. The van der Waals surface area contributed by atoms with E-state index in [4.69, 9.17) is 0 Å². The summed E-state index contributed by atoms with van der Waals surface area (Å²) in [6.45, 7) is 6.13. The summed E-state index contributed by atoms with van der Waals surface area (Å²) in [6.07, 6.45) is 0. The van der Waals surface area contributed by atoms with E-state index in [2.05, 4.69) is 19.0 Å². The van der Waals surface area contributed by atoms with Gasteiger partial charge < -0.3 is 0 Å². The van der Waals surface area contributed by atoms with Gasteiger partial charge in [-0.2, -0.15) is 0 Å². The fourth-order valence-electron chi connectivity index (χ4n) is 1.22. The van der Waals surface area contributed by atoms with Crippen LogP contribution in [0.4, 0.5) is 5.69 Å². The van der Waals surface area contributed by atoms with Crippen molar-refractivity contribution in [3.63, 3.8) is 0 Å². The van der Waals surface area contributed by atoms with Crippen LogP contribution in [0.15, 0.2) is 23.4 Å². The maximum Gasteiger partial charge on any atom is 0.111 e. The highest BCUT2D eigenvalue weighted by Crippen LogP contribution is 2.27. The number of hydrogen-bond donors (Lipinski definition) is 0. The van der Waals surface area contributed by atoms with Crippen molar-refractivity contribution >= 4 is 5.69 Å². The van der Waals surface area contributed by atoms with Crippen molar-refractivity contribution in [2.75, 3.05) is 0 Å². The minimum absolute atomic E-state index is 0.359. The molecule has 0 spiro atoms. The third kappa shape index (κ3) is 1.70. The first kappa shape index (κ1) is 8.91. The van der Waals surface area contributed by atoms with Crippen LogP contribution in [-0.4, -0.2) is 0 Å². The maximum absolute atomic E-state index is 10.4. The summed E-state index contributed by atoms with van der Waals surface area (Å²) >= 11 is 0. The molecular weight excluding hydrogens is 150 g/mol. The first-order valence-corrected chi connectivity index (χ1v) is 4.09. The van der Waals surface area contributed by atoms with Gasteiger partial charge in [-0.05, 0) is 29.6 Å². The topological polar surface area (TPSA) is 29.4 Å². The largest absolute Gasteiger partial charge is 0.145 e. The van der Waals surface area contributed by atoms with Crippen molar-refractivity contribution in [2.45, 2.75) is 26.7 Å². The molecule has 0 bridgehead atoms. The molecule has 0 aliphatic heterocycles. The Balaban J connectivity index is 3.21. The molecule has 1 rings (SSSR count). The minimum atomic E-state index is 0.359. The van der Waals surface area contributed by atoms with Crippen molar-refractivity contribution in [1.82, 2.24) is 0 Å². The number of aryl methyl sites for hydroxylation is 1. The summed E-state index contributed by atoms with van der Waals surface area (Å²) in [6, 6.07) is 5.70. The van der Waals surface area contributed by atoms with E-state index < -0.39 is 0 Å². The summed E-state index contributed by atoms with van der Waals surface area (Å²) in [4.78, 5) is 10.4. The summed E-state index contributed by atoms with van der Waals surface area (Å²) < 4.78 is 0. The van der Waals surface area contributed by atoms with Crippen molar-refractivity contribution in [3.05, 3.63) is 34.2 Å². The predicted octanol–water partition coefficient (Wildman–Crippen LogP) is 3.52. The Kier molecular flexibility index (Phi) is 2.58. The van der Waals surface area contributed by atoms with Gasteiger partial charge in [0.05, 0.1) is 0 Å². The van der Waals surface area contributed by atoms with Crippen LogP contribution in [-0.2, 0) is 0 Å². The van der Waals surface area contributed by atoms with Gasteiger partial charge in [-0.3, -0.25) is 0 Å². The number of nitrogens with zero attached hydrogens (tertiary/aromatic N) is 1. The lowest BCUT2D eigenvalue weighted by atomic mass is 9.99. The van der Waals surface area contributed by atoms with E-state index in [1.165, 1.54) is 5.56 Å². The summed E-state index contributed by atoms with van der Waals surface area (Å²) in [5.41, 5.74) is 2.77. The van der Waals surface area contributed by atoms with Crippen molar-refractivity contribution < 1.29 is 0 Å². The van der Waals surface area contributed by atoms with Crippen LogP contribution >= 0.6 is 0 Å². The number of rotatable bonds is 2. The third-order valence-electron chi connectivity index (χ3n) is 1.90. The molecule has 0 aliphatic rings. The first-order chi connectivity index (χ1) is 5.65. The zero-order valence-corrected chi connectivity index (χ0v) is 7.66. The van der Waals surface area contributed by atoms with E-state index in [1.54, 1.807) is 6.07 Å². The number of benzene rings is 1. The molecule has 0 atom stereocenters. The Hall–Kier alpha value is -1.18. The molecule has 0 radical (unpaired) electrons. The van der Waals surface area contributed by atoms with Gasteiger partial charge in [0.15, 0.2) is 0 Å². The Morgan fingerprint density at radius 2 is 2.00 bits per heavy atom. The van der Waals surface area contributed by atoms with Gasteiger partial charge in [0, 0.05) is 0 Å². The van der Waals surface area contributed by atoms with Crippen LogP contribution in [0.25, 0.3) is 0 Å². The number of hydrogen-bond acceptors (Lipinski definition) is 2. The Morgan fingerprint density at radius 1 is 1.33 bits per heavy atom. The summed E-state index contributed by atoms with van der Waals surface area (Å²) in [7, 11) is 0. The van der Waals surface area contributed by atoms with Gasteiger partial charge in [0.2, 0.25) is 0 Å². The quantitative estimate of drug-likeness (QED) is 0.613.